The Bertz CT molecular complexity index is 1650. The highest BCUT2D eigenvalue weighted by Crippen LogP contribution is 2.52. The van der Waals surface area contributed by atoms with Crippen LogP contribution in [0.4, 0.5) is 10.1 Å². The van der Waals surface area contributed by atoms with Crippen molar-refractivity contribution in [3.8, 4) is 5.75 Å². The van der Waals surface area contributed by atoms with Gasteiger partial charge in [0.25, 0.3) is 0 Å². The lowest BCUT2D eigenvalue weighted by molar-refractivity contribution is -0.122. The highest BCUT2D eigenvalue weighted by Gasteiger charge is 2.57. The van der Waals surface area contributed by atoms with Gasteiger partial charge in [0.2, 0.25) is 11.8 Å². The molecule has 2 saturated heterocycles. The summed E-state index contributed by atoms with van der Waals surface area (Å²) in [4.78, 5) is 28.8. The standard InChI is InChI=1S/C35H35BFNO6/c1-20(2)26-18-27-33(35(41)38(34(27)40)25-10-6-9-24(17-25)36(42)43)28-19-44-31(32(26)28)14-12-23(22-7-4-3-5-8-22)15-21-11-13-30(39)29(37)16-21/h3-11,13,15-17,20,27-28,31,33,39,42-43H,12,14,18-19H2,1-2H3/b23-15-/t27-,28+,31-,33-/m1/s1. The van der Waals surface area contributed by atoms with Crippen molar-refractivity contribution >= 4 is 41.7 Å². The van der Waals surface area contributed by atoms with Gasteiger partial charge in [0, 0.05) is 5.92 Å². The summed E-state index contributed by atoms with van der Waals surface area (Å²) in [5.74, 6) is -2.72. The third-order valence-corrected chi connectivity index (χ3v) is 9.20. The highest BCUT2D eigenvalue weighted by molar-refractivity contribution is 6.58. The number of nitrogens with zero attached hydrogens (tertiary/aromatic N) is 1. The van der Waals surface area contributed by atoms with Crippen molar-refractivity contribution < 1.29 is 33.9 Å². The van der Waals surface area contributed by atoms with Crippen molar-refractivity contribution in [2.45, 2.75) is 39.2 Å². The van der Waals surface area contributed by atoms with Crippen LogP contribution < -0.4 is 10.4 Å². The Balaban J connectivity index is 1.29. The van der Waals surface area contributed by atoms with Crippen LogP contribution in [0.2, 0.25) is 0 Å². The van der Waals surface area contributed by atoms with Crippen LogP contribution in [0.3, 0.4) is 0 Å². The molecule has 0 saturated carbocycles. The molecule has 0 bridgehead atoms. The number of amides is 2. The topological polar surface area (TPSA) is 107 Å². The molecule has 1 aliphatic carbocycles. The SMILES string of the molecule is CC(C)C1=C2[C@@H](CC/C(=C/c3ccc(O)c(F)c3)c3ccccc3)OC[C@@H]2[C@@H]2C(=O)N(c3cccc(B(O)O)c3)C(=O)[C@@H]2C1. The van der Waals surface area contributed by atoms with Gasteiger partial charge in [-0.25, -0.2) is 4.39 Å². The molecule has 2 amide bonds. The van der Waals surface area contributed by atoms with E-state index in [1.807, 2.05) is 36.4 Å². The Morgan fingerprint density at radius 1 is 1.02 bits per heavy atom. The van der Waals surface area contributed by atoms with Gasteiger partial charge in [-0.1, -0.05) is 74.0 Å². The number of carbonyl (C=O) groups excluding carboxylic acids is 2. The summed E-state index contributed by atoms with van der Waals surface area (Å²) in [6.07, 6.45) is 3.44. The average Bonchev–Trinajstić information content (AvgIpc) is 3.54. The van der Waals surface area contributed by atoms with Gasteiger partial charge in [0.05, 0.1) is 30.2 Å². The van der Waals surface area contributed by atoms with Crippen LogP contribution in [0, 0.1) is 29.5 Å². The molecule has 9 heteroatoms. The van der Waals surface area contributed by atoms with E-state index in [1.54, 1.807) is 18.2 Å². The maximum Gasteiger partial charge on any atom is 0.488 e. The molecule has 3 aromatic carbocycles. The maximum absolute atomic E-state index is 14.1. The van der Waals surface area contributed by atoms with Crippen molar-refractivity contribution in [2.75, 3.05) is 11.5 Å². The van der Waals surface area contributed by atoms with E-state index < -0.39 is 30.5 Å². The second kappa shape index (κ2) is 12.2. The summed E-state index contributed by atoms with van der Waals surface area (Å²) in [6.45, 7) is 4.55. The highest BCUT2D eigenvalue weighted by atomic mass is 19.1. The van der Waals surface area contributed by atoms with Crippen LogP contribution >= 0.6 is 0 Å². The summed E-state index contributed by atoms with van der Waals surface area (Å²) in [7, 11) is -1.71. The van der Waals surface area contributed by atoms with E-state index in [1.165, 1.54) is 29.2 Å². The zero-order valence-corrected chi connectivity index (χ0v) is 24.7. The van der Waals surface area contributed by atoms with Gasteiger partial charge in [0.15, 0.2) is 11.6 Å². The Morgan fingerprint density at radius 2 is 1.80 bits per heavy atom. The van der Waals surface area contributed by atoms with Gasteiger partial charge in [-0.15, -0.1) is 0 Å². The molecule has 3 N–H and O–H groups in total. The molecule has 226 valence electrons. The van der Waals surface area contributed by atoms with E-state index in [2.05, 4.69) is 13.8 Å². The Morgan fingerprint density at radius 3 is 2.50 bits per heavy atom. The van der Waals surface area contributed by atoms with Crippen LogP contribution in [0.25, 0.3) is 11.6 Å². The number of benzene rings is 3. The van der Waals surface area contributed by atoms with Crippen molar-refractivity contribution in [3.63, 3.8) is 0 Å². The van der Waals surface area contributed by atoms with Crippen LogP contribution in [0.1, 0.15) is 44.2 Å². The van der Waals surface area contributed by atoms with E-state index in [9.17, 15) is 29.1 Å². The summed E-state index contributed by atoms with van der Waals surface area (Å²) in [6, 6.07) is 20.5. The molecule has 6 rings (SSSR count). The Hall–Kier alpha value is -4.05. The van der Waals surface area contributed by atoms with Crippen molar-refractivity contribution in [1.82, 2.24) is 0 Å². The number of phenols is 1. The zero-order chi connectivity index (χ0) is 31.1. The van der Waals surface area contributed by atoms with E-state index >= 15 is 0 Å². The molecule has 2 fully saturated rings. The Labute approximate surface area is 256 Å². The number of imide groups is 1. The summed E-state index contributed by atoms with van der Waals surface area (Å²) in [5, 5.41) is 29.0. The van der Waals surface area contributed by atoms with E-state index in [4.69, 9.17) is 4.74 Å². The molecule has 0 radical (unpaired) electrons. The van der Waals surface area contributed by atoms with Gasteiger partial charge in [-0.3, -0.25) is 14.5 Å². The van der Waals surface area contributed by atoms with Gasteiger partial charge < -0.3 is 19.9 Å². The van der Waals surface area contributed by atoms with E-state index in [0.717, 1.165) is 22.3 Å². The smallest absolute Gasteiger partial charge is 0.488 e. The third-order valence-electron chi connectivity index (χ3n) is 9.20. The number of anilines is 1. The lowest BCUT2D eigenvalue weighted by Crippen LogP contribution is -2.36. The van der Waals surface area contributed by atoms with E-state index in [-0.39, 0.29) is 35.2 Å². The second-order valence-electron chi connectivity index (χ2n) is 12.2. The number of carbonyl (C=O) groups is 2. The molecule has 2 aliphatic heterocycles. The van der Waals surface area contributed by atoms with Crippen molar-refractivity contribution in [1.29, 1.82) is 0 Å². The van der Waals surface area contributed by atoms with Crippen molar-refractivity contribution in [2.24, 2.45) is 23.7 Å². The molecular formula is C35H35BFNO6. The van der Waals surface area contributed by atoms with E-state index in [0.29, 0.717) is 37.1 Å². The molecule has 7 nitrogen and oxygen atoms in total. The van der Waals surface area contributed by atoms with Crippen LogP contribution in [0.5, 0.6) is 5.75 Å². The molecule has 0 unspecified atom stereocenters. The fraction of sp³-hybridized carbons (Fsp3) is 0.314. The number of phenolic OH excluding ortho intramolecular Hbond substituents is 1. The molecule has 3 aromatic rings. The fourth-order valence-electron chi connectivity index (χ4n) is 7.09. The summed E-state index contributed by atoms with van der Waals surface area (Å²) in [5.41, 5.74) is 5.46. The molecule has 4 atom stereocenters. The number of hydrogen-bond acceptors (Lipinski definition) is 6. The summed E-state index contributed by atoms with van der Waals surface area (Å²) < 4.78 is 20.6. The van der Waals surface area contributed by atoms with Gasteiger partial charge >= 0.3 is 7.12 Å². The Kier molecular flexibility index (Phi) is 8.29. The molecule has 2 heterocycles. The van der Waals surface area contributed by atoms with Crippen molar-refractivity contribution in [3.05, 3.63) is 101 Å². The van der Waals surface area contributed by atoms with Gasteiger partial charge in [-0.05, 0) is 77.2 Å². The van der Waals surface area contributed by atoms with Crippen LogP contribution in [0.15, 0.2) is 83.9 Å². The number of allylic oxidation sites excluding steroid dienone is 2. The lowest BCUT2D eigenvalue weighted by atomic mass is 9.67. The number of fused-ring (bicyclic) bond motifs is 3. The minimum absolute atomic E-state index is 0.159. The normalized spacial score (nSPS) is 23.4. The molecule has 0 spiro atoms. The monoisotopic (exact) mass is 595 g/mol. The maximum atomic E-state index is 14.1. The number of halogens is 1. The first-order valence-corrected chi connectivity index (χ1v) is 15.1. The molecule has 0 aromatic heterocycles. The quantitative estimate of drug-likeness (QED) is 0.151. The zero-order valence-electron chi connectivity index (χ0n) is 24.7. The number of aromatic hydroxyl groups is 1. The average molecular weight is 595 g/mol. The number of ether oxygens (including phenoxy) is 1. The lowest BCUT2D eigenvalue weighted by Gasteiger charge is -2.33. The molecular weight excluding hydrogens is 560 g/mol. The first kappa shape index (κ1) is 30.0. The predicted molar refractivity (Wildman–Crippen MR) is 167 cm³/mol. The number of rotatable bonds is 8. The second-order valence-corrected chi connectivity index (χ2v) is 12.2. The van der Waals surface area contributed by atoms with Gasteiger partial charge in [0.1, 0.15) is 0 Å². The first-order valence-electron chi connectivity index (χ1n) is 15.1. The molecule has 44 heavy (non-hydrogen) atoms. The fourth-order valence-corrected chi connectivity index (χ4v) is 7.09. The third kappa shape index (κ3) is 5.51. The first-order chi connectivity index (χ1) is 21.1. The predicted octanol–water partition coefficient (Wildman–Crippen LogP) is 4.71. The minimum atomic E-state index is -1.71. The number of hydrogen-bond donors (Lipinski definition) is 3. The van der Waals surface area contributed by atoms with Gasteiger partial charge in [-0.2, -0.15) is 0 Å². The largest absolute Gasteiger partial charge is 0.505 e. The van der Waals surface area contributed by atoms with Crippen LogP contribution in [-0.4, -0.2) is 46.8 Å². The molecule has 3 aliphatic rings. The summed E-state index contributed by atoms with van der Waals surface area (Å²) >= 11 is 0. The van der Waals surface area contributed by atoms with Crippen LogP contribution in [-0.2, 0) is 14.3 Å². The minimum Gasteiger partial charge on any atom is -0.505 e.